The van der Waals surface area contributed by atoms with Gasteiger partial charge in [0.25, 0.3) is 0 Å². The quantitative estimate of drug-likeness (QED) is 0.682. The van der Waals surface area contributed by atoms with E-state index in [0.717, 1.165) is 5.56 Å². The van der Waals surface area contributed by atoms with Gasteiger partial charge in [0.1, 0.15) is 5.75 Å². The first-order valence-electron chi connectivity index (χ1n) is 4.84. The summed E-state index contributed by atoms with van der Waals surface area (Å²) in [5.74, 6) is 0.659. The molecule has 1 rings (SSSR count). The molecule has 78 valence electrons. The van der Waals surface area contributed by atoms with Gasteiger partial charge in [-0.3, -0.25) is 0 Å². The van der Waals surface area contributed by atoms with Crippen molar-refractivity contribution in [2.75, 3.05) is 6.54 Å². The summed E-state index contributed by atoms with van der Waals surface area (Å²) in [6.45, 7) is 4.55. The molecule has 3 nitrogen and oxygen atoms in total. The van der Waals surface area contributed by atoms with Crippen LogP contribution >= 0.6 is 0 Å². The largest absolute Gasteiger partial charge is 0.508 e. The lowest BCUT2D eigenvalue weighted by molar-refractivity contribution is 0.461. The van der Waals surface area contributed by atoms with E-state index < -0.39 is 0 Å². The second kappa shape index (κ2) is 4.44. The summed E-state index contributed by atoms with van der Waals surface area (Å²) < 4.78 is 0. The third-order valence-corrected chi connectivity index (χ3v) is 2.37. The molecule has 0 bridgehead atoms. The minimum atomic E-state index is -0.284. The zero-order chi connectivity index (χ0) is 10.7. The number of phenols is 1. The Morgan fingerprint density at radius 2 is 2.00 bits per heavy atom. The average Bonchev–Trinajstić information content (AvgIpc) is 2.17. The zero-order valence-corrected chi connectivity index (χ0v) is 8.70. The second-order valence-electron chi connectivity index (χ2n) is 3.82. The van der Waals surface area contributed by atoms with Gasteiger partial charge < -0.3 is 16.6 Å². The van der Waals surface area contributed by atoms with Crippen LogP contribution in [0.1, 0.15) is 36.9 Å². The maximum Gasteiger partial charge on any atom is 0.120 e. The van der Waals surface area contributed by atoms with Crippen molar-refractivity contribution < 1.29 is 5.11 Å². The Bertz CT molecular complexity index is 310. The predicted molar refractivity (Wildman–Crippen MR) is 58.2 cm³/mol. The molecule has 0 aliphatic heterocycles. The minimum absolute atomic E-state index is 0.229. The first kappa shape index (κ1) is 11.0. The Kier molecular flexibility index (Phi) is 3.49. The Morgan fingerprint density at radius 3 is 2.50 bits per heavy atom. The Labute approximate surface area is 84.7 Å². The summed E-state index contributed by atoms with van der Waals surface area (Å²) >= 11 is 0. The smallest absolute Gasteiger partial charge is 0.120 e. The van der Waals surface area contributed by atoms with E-state index in [4.69, 9.17) is 11.5 Å². The molecule has 0 aliphatic rings. The van der Waals surface area contributed by atoms with Gasteiger partial charge in [-0.2, -0.15) is 0 Å². The number of hydrogen-bond donors (Lipinski definition) is 3. The molecule has 0 heterocycles. The van der Waals surface area contributed by atoms with E-state index in [2.05, 4.69) is 13.8 Å². The molecular weight excluding hydrogens is 176 g/mol. The highest BCUT2D eigenvalue weighted by molar-refractivity contribution is 5.39. The van der Waals surface area contributed by atoms with Gasteiger partial charge in [-0.25, -0.2) is 0 Å². The molecule has 0 fully saturated rings. The molecule has 5 N–H and O–H groups in total. The maximum absolute atomic E-state index is 9.58. The molecule has 1 aromatic rings. The van der Waals surface area contributed by atoms with Gasteiger partial charge in [-0.1, -0.05) is 26.0 Å². The summed E-state index contributed by atoms with van der Waals surface area (Å²) in [6.07, 6.45) is 0. The van der Waals surface area contributed by atoms with E-state index in [0.29, 0.717) is 12.5 Å². The van der Waals surface area contributed by atoms with Gasteiger partial charge in [-0.15, -0.1) is 0 Å². The minimum Gasteiger partial charge on any atom is -0.508 e. The van der Waals surface area contributed by atoms with Crippen LogP contribution in [-0.2, 0) is 0 Å². The van der Waals surface area contributed by atoms with Crippen LogP contribution in [0.5, 0.6) is 5.75 Å². The summed E-state index contributed by atoms with van der Waals surface area (Å²) in [7, 11) is 0. The Hall–Kier alpha value is -1.06. The molecule has 0 unspecified atom stereocenters. The number of hydrogen-bond acceptors (Lipinski definition) is 3. The average molecular weight is 194 g/mol. The van der Waals surface area contributed by atoms with Gasteiger partial charge in [0.2, 0.25) is 0 Å². The van der Waals surface area contributed by atoms with Crippen LogP contribution in [0.25, 0.3) is 0 Å². The van der Waals surface area contributed by atoms with Crippen LogP contribution in [0.15, 0.2) is 18.2 Å². The predicted octanol–water partition coefficient (Wildman–Crippen LogP) is 1.47. The normalized spacial score (nSPS) is 13.2. The fourth-order valence-electron chi connectivity index (χ4n) is 1.36. The SMILES string of the molecule is CC(C)c1ccc(O)c([C@@H](N)CN)c1. The summed E-state index contributed by atoms with van der Waals surface area (Å²) in [5, 5.41) is 9.58. The molecule has 1 atom stereocenters. The molecule has 14 heavy (non-hydrogen) atoms. The molecule has 0 aromatic heterocycles. The fourth-order valence-corrected chi connectivity index (χ4v) is 1.36. The highest BCUT2D eigenvalue weighted by atomic mass is 16.3. The molecule has 0 saturated heterocycles. The highest BCUT2D eigenvalue weighted by Crippen LogP contribution is 2.26. The van der Waals surface area contributed by atoms with Gasteiger partial charge in [0, 0.05) is 18.2 Å². The van der Waals surface area contributed by atoms with Crippen molar-refractivity contribution in [1.29, 1.82) is 0 Å². The third kappa shape index (κ3) is 2.25. The number of aromatic hydroxyl groups is 1. The fraction of sp³-hybridized carbons (Fsp3) is 0.455. The van der Waals surface area contributed by atoms with Crippen molar-refractivity contribution in [1.82, 2.24) is 0 Å². The topological polar surface area (TPSA) is 72.3 Å². The summed E-state index contributed by atoms with van der Waals surface area (Å²) in [6, 6.07) is 5.23. The van der Waals surface area contributed by atoms with E-state index in [1.807, 2.05) is 12.1 Å². The van der Waals surface area contributed by atoms with Crippen LogP contribution in [0.3, 0.4) is 0 Å². The number of nitrogens with two attached hydrogens (primary N) is 2. The zero-order valence-electron chi connectivity index (χ0n) is 8.70. The molecule has 0 saturated carbocycles. The number of rotatable bonds is 3. The molecular formula is C11H18N2O. The van der Waals surface area contributed by atoms with Gasteiger partial charge in [-0.05, 0) is 17.5 Å². The molecule has 0 amide bonds. The molecule has 0 aliphatic carbocycles. The van der Waals surface area contributed by atoms with E-state index in [1.165, 1.54) is 5.56 Å². The summed E-state index contributed by atoms with van der Waals surface area (Å²) in [4.78, 5) is 0. The van der Waals surface area contributed by atoms with Crippen LogP contribution in [0, 0.1) is 0 Å². The summed E-state index contributed by atoms with van der Waals surface area (Å²) in [5.41, 5.74) is 13.1. The number of benzene rings is 1. The van der Waals surface area contributed by atoms with Crippen molar-refractivity contribution >= 4 is 0 Å². The van der Waals surface area contributed by atoms with Gasteiger partial charge in [0.15, 0.2) is 0 Å². The van der Waals surface area contributed by atoms with Crippen LogP contribution in [0.4, 0.5) is 0 Å². The van der Waals surface area contributed by atoms with Crippen molar-refractivity contribution in [2.24, 2.45) is 11.5 Å². The van der Waals surface area contributed by atoms with E-state index in [-0.39, 0.29) is 11.8 Å². The Balaban J connectivity index is 3.08. The Morgan fingerprint density at radius 1 is 1.36 bits per heavy atom. The number of phenolic OH excluding ortho intramolecular Hbond substituents is 1. The second-order valence-corrected chi connectivity index (χ2v) is 3.82. The van der Waals surface area contributed by atoms with E-state index in [9.17, 15) is 5.11 Å². The molecule has 0 spiro atoms. The van der Waals surface area contributed by atoms with Crippen LogP contribution < -0.4 is 11.5 Å². The lowest BCUT2D eigenvalue weighted by Crippen LogP contribution is -2.21. The first-order valence-corrected chi connectivity index (χ1v) is 4.84. The van der Waals surface area contributed by atoms with Crippen molar-refractivity contribution in [3.63, 3.8) is 0 Å². The van der Waals surface area contributed by atoms with E-state index >= 15 is 0 Å². The van der Waals surface area contributed by atoms with Crippen molar-refractivity contribution in [3.8, 4) is 5.75 Å². The van der Waals surface area contributed by atoms with Crippen molar-refractivity contribution in [2.45, 2.75) is 25.8 Å². The highest BCUT2D eigenvalue weighted by Gasteiger charge is 2.10. The van der Waals surface area contributed by atoms with Gasteiger partial charge in [0.05, 0.1) is 0 Å². The van der Waals surface area contributed by atoms with Crippen molar-refractivity contribution in [3.05, 3.63) is 29.3 Å². The lowest BCUT2D eigenvalue weighted by atomic mass is 9.97. The lowest BCUT2D eigenvalue weighted by Gasteiger charge is -2.14. The monoisotopic (exact) mass is 194 g/mol. The molecule has 3 heteroatoms. The van der Waals surface area contributed by atoms with Crippen LogP contribution in [-0.4, -0.2) is 11.7 Å². The molecule has 0 radical (unpaired) electrons. The molecule has 1 aromatic carbocycles. The maximum atomic E-state index is 9.58. The first-order chi connectivity index (χ1) is 6.56. The standard InChI is InChI=1S/C11H18N2O/c1-7(2)8-3-4-11(14)9(5-8)10(13)6-12/h3-5,7,10,14H,6,12-13H2,1-2H3/t10-/m0/s1. The van der Waals surface area contributed by atoms with Gasteiger partial charge >= 0.3 is 0 Å². The van der Waals surface area contributed by atoms with Crippen LogP contribution in [0.2, 0.25) is 0 Å². The third-order valence-electron chi connectivity index (χ3n) is 2.37. The van der Waals surface area contributed by atoms with E-state index in [1.54, 1.807) is 6.07 Å².